The van der Waals surface area contributed by atoms with Gasteiger partial charge in [0.1, 0.15) is 12.2 Å². The van der Waals surface area contributed by atoms with Crippen LogP contribution in [0.2, 0.25) is 0 Å². The number of aliphatic carboxylic acids is 1. The quantitative estimate of drug-likeness (QED) is 0.599. The summed E-state index contributed by atoms with van der Waals surface area (Å²) in [6.45, 7) is 0.925. The Bertz CT molecular complexity index is 457. The summed E-state index contributed by atoms with van der Waals surface area (Å²) in [5.41, 5.74) is 0.761. The molecular weight excluding hydrogens is 240 g/mol. The van der Waals surface area contributed by atoms with Crippen LogP contribution >= 0.6 is 0 Å². The van der Waals surface area contributed by atoms with Gasteiger partial charge in [-0.25, -0.2) is 4.98 Å². The van der Waals surface area contributed by atoms with Crippen LogP contribution in [0.1, 0.15) is 16.2 Å². The first-order chi connectivity index (χ1) is 8.49. The number of aromatic nitrogens is 2. The molecule has 0 saturated carbocycles. The van der Waals surface area contributed by atoms with E-state index in [1.54, 1.807) is 6.92 Å². The molecule has 0 fully saturated rings. The number of aryl methyl sites for hydroxylation is 1. The number of nitrogens with one attached hydrogen (secondary N) is 2. The molecule has 0 aliphatic carbocycles. The van der Waals surface area contributed by atoms with E-state index >= 15 is 0 Å². The zero-order valence-electron chi connectivity index (χ0n) is 9.64. The van der Waals surface area contributed by atoms with Crippen LogP contribution in [0.5, 0.6) is 0 Å². The van der Waals surface area contributed by atoms with Crippen molar-refractivity contribution in [2.75, 3.05) is 13.1 Å². The Hall–Kier alpha value is -2.51. The molecule has 1 aromatic rings. The minimum atomic E-state index is -1.15. The first-order valence-electron chi connectivity index (χ1n) is 5.04. The Morgan fingerprint density at radius 1 is 1.17 bits per heavy atom. The smallest absolute Gasteiger partial charge is 0.322 e. The molecule has 96 valence electrons. The van der Waals surface area contributed by atoms with Gasteiger partial charge in [-0.1, -0.05) is 0 Å². The van der Waals surface area contributed by atoms with E-state index in [1.165, 1.54) is 12.4 Å². The van der Waals surface area contributed by atoms with Gasteiger partial charge < -0.3 is 15.7 Å². The lowest BCUT2D eigenvalue weighted by Gasteiger charge is -2.04. The third-order valence-electron chi connectivity index (χ3n) is 1.86. The number of carboxylic acids is 1. The number of carbonyl (C=O) groups is 3. The summed E-state index contributed by atoms with van der Waals surface area (Å²) in [5.74, 6) is -2.29. The lowest BCUT2D eigenvalue weighted by atomic mass is 10.4. The predicted octanol–water partition coefficient (Wildman–Crippen LogP) is -1.28. The Morgan fingerprint density at radius 2 is 1.89 bits per heavy atom. The van der Waals surface area contributed by atoms with Gasteiger partial charge in [-0.2, -0.15) is 0 Å². The first-order valence-corrected chi connectivity index (χ1v) is 5.04. The summed E-state index contributed by atoms with van der Waals surface area (Å²) in [7, 11) is 0. The van der Waals surface area contributed by atoms with Crippen LogP contribution in [0, 0.1) is 6.92 Å². The molecule has 8 nitrogen and oxygen atoms in total. The summed E-state index contributed by atoms with van der Waals surface area (Å²) < 4.78 is 0. The van der Waals surface area contributed by atoms with E-state index in [2.05, 4.69) is 20.6 Å². The molecule has 0 radical (unpaired) electrons. The molecule has 0 bridgehead atoms. The summed E-state index contributed by atoms with van der Waals surface area (Å²) in [4.78, 5) is 40.5. The van der Waals surface area contributed by atoms with E-state index in [4.69, 9.17) is 5.11 Å². The predicted molar refractivity (Wildman–Crippen MR) is 59.7 cm³/mol. The molecule has 18 heavy (non-hydrogen) atoms. The largest absolute Gasteiger partial charge is 0.480 e. The van der Waals surface area contributed by atoms with Crippen molar-refractivity contribution in [2.24, 2.45) is 0 Å². The summed E-state index contributed by atoms with van der Waals surface area (Å²) in [5, 5.41) is 12.7. The van der Waals surface area contributed by atoms with E-state index in [-0.39, 0.29) is 12.2 Å². The molecular formula is C10H12N4O4. The number of carbonyl (C=O) groups excluding carboxylic acids is 2. The van der Waals surface area contributed by atoms with Crippen molar-refractivity contribution in [1.29, 1.82) is 0 Å². The zero-order chi connectivity index (χ0) is 13.5. The van der Waals surface area contributed by atoms with Crippen LogP contribution in [-0.4, -0.2) is 45.9 Å². The van der Waals surface area contributed by atoms with E-state index in [0.29, 0.717) is 5.69 Å². The number of hydrogen-bond donors (Lipinski definition) is 3. The molecule has 2 amide bonds. The topological polar surface area (TPSA) is 121 Å². The Labute approximate surface area is 102 Å². The van der Waals surface area contributed by atoms with Crippen molar-refractivity contribution >= 4 is 17.8 Å². The second-order valence-corrected chi connectivity index (χ2v) is 3.40. The normalized spacial score (nSPS) is 9.61. The fourth-order valence-electron chi connectivity index (χ4n) is 0.998. The Kier molecular flexibility index (Phi) is 4.73. The number of hydrogen-bond acceptors (Lipinski definition) is 5. The van der Waals surface area contributed by atoms with Crippen LogP contribution in [0.25, 0.3) is 0 Å². The molecule has 0 aliphatic rings. The fourth-order valence-corrected chi connectivity index (χ4v) is 0.998. The van der Waals surface area contributed by atoms with Gasteiger partial charge in [0.15, 0.2) is 0 Å². The molecule has 3 N–H and O–H groups in total. The van der Waals surface area contributed by atoms with Gasteiger partial charge >= 0.3 is 5.97 Å². The van der Waals surface area contributed by atoms with Crippen molar-refractivity contribution < 1.29 is 19.5 Å². The third kappa shape index (κ3) is 4.56. The lowest BCUT2D eigenvalue weighted by molar-refractivity contribution is -0.137. The average molecular weight is 252 g/mol. The minimum absolute atomic E-state index is 0.0895. The van der Waals surface area contributed by atoms with Crippen molar-refractivity contribution in [1.82, 2.24) is 20.6 Å². The van der Waals surface area contributed by atoms with Crippen molar-refractivity contribution in [3.05, 3.63) is 23.8 Å². The second-order valence-electron chi connectivity index (χ2n) is 3.40. The van der Waals surface area contributed by atoms with Gasteiger partial charge in [0.2, 0.25) is 5.91 Å². The summed E-state index contributed by atoms with van der Waals surface area (Å²) >= 11 is 0. The molecule has 0 aliphatic heterocycles. The van der Waals surface area contributed by atoms with E-state index in [9.17, 15) is 14.4 Å². The maximum Gasteiger partial charge on any atom is 0.322 e. The fraction of sp³-hybridized carbons (Fsp3) is 0.300. The van der Waals surface area contributed by atoms with Crippen molar-refractivity contribution in [3.8, 4) is 0 Å². The molecule has 1 rings (SSSR count). The van der Waals surface area contributed by atoms with Gasteiger partial charge in [0.25, 0.3) is 5.91 Å². The number of nitrogens with zero attached hydrogens (tertiary/aromatic N) is 2. The lowest BCUT2D eigenvalue weighted by Crippen LogP contribution is -2.39. The number of amides is 2. The first kappa shape index (κ1) is 13.6. The molecule has 0 aromatic carbocycles. The van der Waals surface area contributed by atoms with Crippen LogP contribution in [-0.2, 0) is 9.59 Å². The summed E-state index contributed by atoms with van der Waals surface area (Å²) in [6.07, 6.45) is 2.72. The van der Waals surface area contributed by atoms with Gasteiger partial charge in [0, 0.05) is 6.20 Å². The van der Waals surface area contributed by atoms with Crippen molar-refractivity contribution in [2.45, 2.75) is 6.92 Å². The maximum absolute atomic E-state index is 11.5. The molecule has 0 unspecified atom stereocenters. The zero-order valence-corrected chi connectivity index (χ0v) is 9.64. The second kappa shape index (κ2) is 6.28. The van der Waals surface area contributed by atoms with Gasteiger partial charge in [-0.15, -0.1) is 0 Å². The Morgan fingerprint density at radius 3 is 2.44 bits per heavy atom. The number of rotatable bonds is 5. The third-order valence-corrected chi connectivity index (χ3v) is 1.86. The van der Waals surface area contributed by atoms with Crippen LogP contribution in [0.3, 0.4) is 0 Å². The van der Waals surface area contributed by atoms with Crippen LogP contribution in [0.15, 0.2) is 12.4 Å². The molecule has 0 spiro atoms. The van der Waals surface area contributed by atoms with Gasteiger partial charge in [0.05, 0.1) is 18.4 Å². The molecule has 8 heteroatoms. The van der Waals surface area contributed by atoms with Crippen LogP contribution in [0.4, 0.5) is 0 Å². The van der Waals surface area contributed by atoms with E-state index in [0.717, 1.165) is 0 Å². The number of carboxylic acid groups (broad SMARTS) is 1. The standard InChI is InChI=1S/C10H12N4O4/c1-6-2-12-7(3-11-6)10(18)14-4-8(15)13-5-9(16)17/h2-3H,4-5H2,1H3,(H,13,15)(H,14,18)(H,16,17). The highest BCUT2D eigenvalue weighted by molar-refractivity contribution is 5.94. The van der Waals surface area contributed by atoms with Crippen molar-refractivity contribution in [3.63, 3.8) is 0 Å². The molecule has 0 atom stereocenters. The van der Waals surface area contributed by atoms with Gasteiger partial charge in [-0.05, 0) is 6.92 Å². The van der Waals surface area contributed by atoms with E-state index in [1.807, 2.05) is 0 Å². The minimum Gasteiger partial charge on any atom is -0.480 e. The summed E-state index contributed by atoms with van der Waals surface area (Å²) in [6, 6.07) is 0. The molecule has 0 saturated heterocycles. The Balaban J connectivity index is 2.39. The average Bonchev–Trinajstić information content (AvgIpc) is 2.34. The molecule has 1 heterocycles. The monoisotopic (exact) mass is 252 g/mol. The molecule has 1 aromatic heterocycles. The van der Waals surface area contributed by atoms with Gasteiger partial charge in [-0.3, -0.25) is 19.4 Å². The highest BCUT2D eigenvalue weighted by Crippen LogP contribution is 1.93. The highest BCUT2D eigenvalue weighted by Gasteiger charge is 2.09. The van der Waals surface area contributed by atoms with Crippen LogP contribution < -0.4 is 10.6 Å². The maximum atomic E-state index is 11.5. The highest BCUT2D eigenvalue weighted by atomic mass is 16.4. The SMILES string of the molecule is Cc1cnc(C(=O)NCC(=O)NCC(=O)O)cn1. The van der Waals surface area contributed by atoms with E-state index < -0.39 is 24.3 Å².